The maximum absolute atomic E-state index is 9.39. The maximum Gasteiger partial charge on any atom is 0.293 e. The van der Waals surface area contributed by atoms with Gasteiger partial charge in [-0.05, 0) is 19.9 Å². The van der Waals surface area contributed by atoms with Gasteiger partial charge in [0.2, 0.25) is 0 Å². The molecule has 11 heavy (non-hydrogen) atoms. The fraction of sp³-hybridized carbons (Fsp3) is 0.429. The highest BCUT2D eigenvalue weighted by atomic mass is 16.5. The molecule has 0 fully saturated rings. The maximum atomic E-state index is 9.39. The van der Waals surface area contributed by atoms with Crippen LogP contribution in [-0.4, -0.2) is 22.8 Å². The minimum atomic E-state index is 0.0301. The SMILES string of the molecule is CC(C)OC=O.c1cn[nH]c1. The second kappa shape index (κ2) is 6.80. The lowest BCUT2D eigenvalue weighted by Crippen LogP contribution is -1.98. The van der Waals surface area contributed by atoms with Crippen LogP contribution in [0.2, 0.25) is 0 Å². The van der Waals surface area contributed by atoms with E-state index in [1.54, 1.807) is 26.2 Å². The predicted molar refractivity (Wildman–Crippen MR) is 40.9 cm³/mol. The Kier molecular flexibility index (Phi) is 5.98. The molecule has 0 aliphatic carbocycles. The van der Waals surface area contributed by atoms with Crippen molar-refractivity contribution < 1.29 is 9.53 Å². The van der Waals surface area contributed by atoms with Crippen LogP contribution >= 0.6 is 0 Å². The zero-order chi connectivity index (χ0) is 8.53. The van der Waals surface area contributed by atoms with Crippen molar-refractivity contribution in [3.05, 3.63) is 18.5 Å². The fourth-order valence-corrected chi connectivity index (χ4v) is 0.326. The van der Waals surface area contributed by atoms with Crippen molar-refractivity contribution >= 4 is 6.47 Å². The van der Waals surface area contributed by atoms with Crippen LogP contribution < -0.4 is 0 Å². The molecule has 1 aromatic heterocycles. The first-order valence-electron chi connectivity index (χ1n) is 3.30. The van der Waals surface area contributed by atoms with Gasteiger partial charge in [0.05, 0.1) is 6.10 Å². The largest absolute Gasteiger partial charge is 0.465 e. The number of hydrogen-bond donors (Lipinski definition) is 1. The van der Waals surface area contributed by atoms with Crippen molar-refractivity contribution in [2.24, 2.45) is 0 Å². The molecule has 0 aromatic carbocycles. The number of carbonyl (C=O) groups is 1. The van der Waals surface area contributed by atoms with Crippen LogP contribution in [0.1, 0.15) is 13.8 Å². The van der Waals surface area contributed by atoms with Gasteiger partial charge in [-0.3, -0.25) is 9.89 Å². The number of nitrogens with one attached hydrogen (secondary N) is 1. The van der Waals surface area contributed by atoms with Crippen molar-refractivity contribution in [2.45, 2.75) is 20.0 Å². The van der Waals surface area contributed by atoms with Crippen molar-refractivity contribution in [3.63, 3.8) is 0 Å². The molecule has 0 atom stereocenters. The van der Waals surface area contributed by atoms with Gasteiger partial charge in [0, 0.05) is 12.4 Å². The summed E-state index contributed by atoms with van der Waals surface area (Å²) in [5.41, 5.74) is 0. The van der Waals surface area contributed by atoms with Crippen molar-refractivity contribution in [1.82, 2.24) is 10.2 Å². The van der Waals surface area contributed by atoms with E-state index in [2.05, 4.69) is 14.9 Å². The zero-order valence-electron chi connectivity index (χ0n) is 6.65. The number of ether oxygens (including phenoxy) is 1. The normalized spacial score (nSPS) is 8.27. The summed E-state index contributed by atoms with van der Waals surface area (Å²) < 4.78 is 4.36. The molecule has 1 rings (SSSR count). The number of hydrogen-bond acceptors (Lipinski definition) is 3. The number of H-pyrrole nitrogens is 1. The number of nitrogens with zero attached hydrogens (tertiary/aromatic N) is 1. The van der Waals surface area contributed by atoms with Gasteiger partial charge in [0.15, 0.2) is 0 Å². The topological polar surface area (TPSA) is 55.0 Å². The van der Waals surface area contributed by atoms with Gasteiger partial charge >= 0.3 is 0 Å². The summed E-state index contributed by atoms with van der Waals surface area (Å²) in [6.07, 6.45) is 3.49. The quantitative estimate of drug-likeness (QED) is 0.649. The van der Waals surface area contributed by atoms with Crippen LogP contribution in [-0.2, 0) is 9.53 Å². The van der Waals surface area contributed by atoms with Crippen molar-refractivity contribution in [2.75, 3.05) is 0 Å². The number of aromatic nitrogens is 2. The molecule has 0 spiro atoms. The first-order chi connectivity index (χ1) is 5.27. The highest BCUT2D eigenvalue weighted by molar-refractivity contribution is 5.37. The third kappa shape index (κ3) is 8.68. The first kappa shape index (κ1) is 9.68. The van der Waals surface area contributed by atoms with E-state index < -0.39 is 0 Å². The third-order valence-corrected chi connectivity index (χ3v) is 0.734. The lowest BCUT2D eigenvalue weighted by Gasteiger charge is -1.96. The van der Waals surface area contributed by atoms with E-state index in [4.69, 9.17) is 0 Å². The molecule has 4 nitrogen and oxygen atoms in total. The number of aromatic amines is 1. The molecule has 1 aromatic rings. The Hall–Kier alpha value is -1.32. The molecule has 1 N–H and O–H groups in total. The Morgan fingerprint density at radius 3 is 2.45 bits per heavy atom. The minimum absolute atomic E-state index is 0.0301. The van der Waals surface area contributed by atoms with Gasteiger partial charge in [0.1, 0.15) is 0 Å². The van der Waals surface area contributed by atoms with Crippen LogP contribution in [0.5, 0.6) is 0 Å². The number of rotatable bonds is 2. The third-order valence-electron chi connectivity index (χ3n) is 0.734. The molecule has 0 bridgehead atoms. The molecule has 0 aliphatic heterocycles. The molecule has 0 aliphatic rings. The molecule has 0 saturated carbocycles. The molecule has 0 unspecified atom stereocenters. The van der Waals surface area contributed by atoms with E-state index in [9.17, 15) is 4.79 Å². The van der Waals surface area contributed by atoms with Crippen LogP contribution in [0.25, 0.3) is 0 Å². The summed E-state index contributed by atoms with van der Waals surface area (Å²) >= 11 is 0. The van der Waals surface area contributed by atoms with Crippen LogP contribution in [0.3, 0.4) is 0 Å². The van der Waals surface area contributed by atoms with Gasteiger partial charge in [-0.2, -0.15) is 5.10 Å². The lowest BCUT2D eigenvalue weighted by molar-refractivity contribution is -0.131. The summed E-state index contributed by atoms with van der Waals surface area (Å²) in [5.74, 6) is 0. The highest BCUT2D eigenvalue weighted by Gasteiger charge is 1.83. The Bertz CT molecular complexity index is 144. The van der Waals surface area contributed by atoms with Gasteiger partial charge in [-0.15, -0.1) is 0 Å². The molecule has 1 heterocycles. The fourth-order valence-electron chi connectivity index (χ4n) is 0.326. The van der Waals surface area contributed by atoms with Gasteiger partial charge < -0.3 is 4.74 Å². The average molecular weight is 156 g/mol. The molecule has 0 amide bonds. The van der Waals surface area contributed by atoms with E-state index in [-0.39, 0.29) is 6.10 Å². The van der Waals surface area contributed by atoms with Crippen LogP contribution in [0, 0.1) is 0 Å². The smallest absolute Gasteiger partial charge is 0.293 e. The van der Waals surface area contributed by atoms with Crippen molar-refractivity contribution in [1.29, 1.82) is 0 Å². The summed E-state index contributed by atoms with van der Waals surface area (Å²) in [5, 5.41) is 6.21. The van der Waals surface area contributed by atoms with E-state index in [0.29, 0.717) is 6.47 Å². The Morgan fingerprint density at radius 2 is 2.36 bits per heavy atom. The van der Waals surface area contributed by atoms with E-state index >= 15 is 0 Å². The first-order valence-corrected chi connectivity index (χ1v) is 3.30. The van der Waals surface area contributed by atoms with Gasteiger partial charge in [-0.1, -0.05) is 0 Å². The second-order valence-electron chi connectivity index (χ2n) is 2.05. The summed E-state index contributed by atoms with van der Waals surface area (Å²) in [4.78, 5) is 9.39. The molecule has 4 heteroatoms. The van der Waals surface area contributed by atoms with Gasteiger partial charge in [-0.25, -0.2) is 0 Å². The lowest BCUT2D eigenvalue weighted by atomic mass is 10.5. The molecule has 0 saturated heterocycles. The summed E-state index contributed by atoms with van der Waals surface area (Å²) in [6, 6.07) is 1.83. The second-order valence-corrected chi connectivity index (χ2v) is 2.05. The number of carbonyl (C=O) groups excluding carboxylic acids is 1. The molecular formula is C7H12N2O2. The average Bonchev–Trinajstić information content (AvgIpc) is 2.41. The Labute approximate surface area is 65.6 Å². The zero-order valence-corrected chi connectivity index (χ0v) is 6.65. The Balaban J connectivity index is 0.000000183. The molecular weight excluding hydrogens is 144 g/mol. The Morgan fingerprint density at radius 1 is 1.64 bits per heavy atom. The standard InChI is InChI=1S/C4H8O2.C3H4N2/c1-4(2)6-3-5;1-2-4-5-3-1/h3-4H,1-2H3;1-3H,(H,4,5). The van der Waals surface area contributed by atoms with Crippen LogP contribution in [0.4, 0.5) is 0 Å². The van der Waals surface area contributed by atoms with Crippen molar-refractivity contribution in [3.8, 4) is 0 Å². The predicted octanol–water partition coefficient (Wildman–Crippen LogP) is 0.978. The van der Waals surface area contributed by atoms with Crippen LogP contribution in [0.15, 0.2) is 18.5 Å². The molecule has 62 valence electrons. The minimum Gasteiger partial charge on any atom is -0.465 e. The highest BCUT2D eigenvalue weighted by Crippen LogP contribution is 1.79. The van der Waals surface area contributed by atoms with Gasteiger partial charge in [0.25, 0.3) is 6.47 Å². The summed E-state index contributed by atoms with van der Waals surface area (Å²) in [7, 11) is 0. The van der Waals surface area contributed by atoms with E-state index in [1.807, 2.05) is 6.07 Å². The van der Waals surface area contributed by atoms with E-state index in [1.165, 1.54) is 0 Å². The van der Waals surface area contributed by atoms with E-state index in [0.717, 1.165) is 0 Å². The summed E-state index contributed by atoms with van der Waals surface area (Å²) in [6.45, 7) is 4.05. The monoisotopic (exact) mass is 156 g/mol. The molecule has 0 radical (unpaired) electrons.